The van der Waals surface area contributed by atoms with Gasteiger partial charge in [-0.15, -0.1) is 0 Å². The molecule has 2 aromatic rings. The summed E-state index contributed by atoms with van der Waals surface area (Å²) in [6.45, 7) is 8.10. The molecular weight excluding hydrogens is 188 g/mol. The fraction of sp³-hybridized carbons (Fsp3) is 0.417. The van der Waals surface area contributed by atoms with Gasteiger partial charge in [0.25, 0.3) is 6.01 Å². The smallest absolute Gasteiger partial charge is 0.298 e. The molecule has 0 N–H and O–H groups in total. The van der Waals surface area contributed by atoms with E-state index < -0.39 is 0 Å². The first-order valence-corrected chi connectivity index (χ1v) is 5.37. The van der Waals surface area contributed by atoms with Gasteiger partial charge >= 0.3 is 0 Å². The molecule has 0 radical (unpaired) electrons. The standard InChI is InChI=1S/C12H16N2O/c1-4-14(5-2)12-13-11-9(3)7-6-8-10(11)15-12/h6-8H,4-5H2,1-3H3. The maximum Gasteiger partial charge on any atom is 0.298 e. The number of nitrogens with zero attached hydrogens (tertiary/aromatic N) is 2. The van der Waals surface area contributed by atoms with Crippen LogP contribution < -0.4 is 4.90 Å². The average Bonchev–Trinajstić information content (AvgIpc) is 2.65. The zero-order chi connectivity index (χ0) is 10.8. The van der Waals surface area contributed by atoms with Crippen LogP contribution in [0.1, 0.15) is 19.4 Å². The van der Waals surface area contributed by atoms with E-state index in [9.17, 15) is 0 Å². The lowest BCUT2D eigenvalue weighted by Crippen LogP contribution is -2.21. The normalized spacial score (nSPS) is 10.9. The molecule has 1 aromatic carbocycles. The first-order valence-electron chi connectivity index (χ1n) is 5.37. The molecular formula is C12H16N2O. The lowest BCUT2D eigenvalue weighted by molar-refractivity contribution is 0.576. The topological polar surface area (TPSA) is 29.3 Å². The van der Waals surface area contributed by atoms with Crippen molar-refractivity contribution in [2.24, 2.45) is 0 Å². The number of rotatable bonds is 3. The Balaban J connectivity index is 2.51. The van der Waals surface area contributed by atoms with E-state index in [-0.39, 0.29) is 0 Å². The molecule has 0 bridgehead atoms. The highest BCUT2D eigenvalue weighted by molar-refractivity contribution is 5.78. The average molecular weight is 204 g/mol. The molecule has 15 heavy (non-hydrogen) atoms. The Morgan fingerprint density at radius 3 is 2.60 bits per heavy atom. The molecule has 0 fully saturated rings. The van der Waals surface area contributed by atoms with Crippen LogP contribution in [0.3, 0.4) is 0 Å². The molecule has 2 rings (SSSR count). The molecule has 0 aliphatic rings. The summed E-state index contributed by atoms with van der Waals surface area (Å²) in [7, 11) is 0. The Kier molecular flexibility index (Phi) is 2.62. The maximum absolute atomic E-state index is 5.71. The van der Waals surface area contributed by atoms with Gasteiger partial charge in [0.05, 0.1) is 0 Å². The Labute approximate surface area is 89.7 Å². The number of hydrogen-bond donors (Lipinski definition) is 0. The van der Waals surface area contributed by atoms with Crippen LogP contribution >= 0.6 is 0 Å². The lowest BCUT2D eigenvalue weighted by Gasteiger charge is -2.14. The second-order valence-electron chi connectivity index (χ2n) is 3.59. The molecule has 80 valence electrons. The summed E-state index contributed by atoms with van der Waals surface area (Å²) in [6, 6.07) is 6.73. The van der Waals surface area contributed by atoms with Crippen molar-refractivity contribution in [3.63, 3.8) is 0 Å². The monoisotopic (exact) mass is 204 g/mol. The van der Waals surface area contributed by atoms with Crippen LogP contribution in [-0.2, 0) is 0 Å². The van der Waals surface area contributed by atoms with E-state index in [0.29, 0.717) is 0 Å². The highest BCUT2D eigenvalue weighted by Crippen LogP contribution is 2.23. The highest BCUT2D eigenvalue weighted by atomic mass is 16.4. The molecule has 3 nitrogen and oxygen atoms in total. The van der Waals surface area contributed by atoms with Gasteiger partial charge in [0.1, 0.15) is 5.52 Å². The fourth-order valence-electron chi connectivity index (χ4n) is 1.70. The van der Waals surface area contributed by atoms with Crippen molar-refractivity contribution in [2.75, 3.05) is 18.0 Å². The zero-order valence-electron chi connectivity index (χ0n) is 9.45. The number of para-hydroxylation sites is 1. The number of aryl methyl sites for hydroxylation is 1. The van der Waals surface area contributed by atoms with Crippen LogP contribution in [0.4, 0.5) is 6.01 Å². The first kappa shape index (κ1) is 10.0. The molecule has 0 unspecified atom stereocenters. The second-order valence-corrected chi connectivity index (χ2v) is 3.59. The van der Waals surface area contributed by atoms with Crippen molar-refractivity contribution in [2.45, 2.75) is 20.8 Å². The van der Waals surface area contributed by atoms with Crippen LogP contribution in [0.25, 0.3) is 11.1 Å². The van der Waals surface area contributed by atoms with E-state index >= 15 is 0 Å². The van der Waals surface area contributed by atoms with Crippen molar-refractivity contribution in [1.82, 2.24) is 4.98 Å². The number of hydrogen-bond acceptors (Lipinski definition) is 3. The van der Waals surface area contributed by atoms with Crippen molar-refractivity contribution < 1.29 is 4.42 Å². The summed E-state index contributed by atoms with van der Waals surface area (Å²) in [4.78, 5) is 6.62. The van der Waals surface area contributed by atoms with Crippen LogP contribution in [0, 0.1) is 6.92 Å². The van der Waals surface area contributed by atoms with E-state index in [1.807, 2.05) is 12.1 Å². The van der Waals surface area contributed by atoms with Crippen LogP contribution in [0.5, 0.6) is 0 Å². The summed E-state index contributed by atoms with van der Waals surface area (Å²) >= 11 is 0. The van der Waals surface area contributed by atoms with Gasteiger partial charge in [-0.05, 0) is 32.4 Å². The molecule has 0 atom stereocenters. The minimum Gasteiger partial charge on any atom is -0.423 e. The molecule has 0 saturated heterocycles. The van der Waals surface area contributed by atoms with Crippen molar-refractivity contribution >= 4 is 17.1 Å². The van der Waals surface area contributed by atoms with Gasteiger partial charge in [0.15, 0.2) is 5.58 Å². The first-order chi connectivity index (χ1) is 7.26. The van der Waals surface area contributed by atoms with E-state index in [1.54, 1.807) is 0 Å². The van der Waals surface area contributed by atoms with Gasteiger partial charge < -0.3 is 9.32 Å². The highest BCUT2D eigenvalue weighted by Gasteiger charge is 2.11. The molecule has 3 heteroatoms. The molecule has 1 heterocycles. The lowest BCUT2D eigenvalue weighted by atomic mass is 10.2. The summed E-state index contributed by atoms with van der Waals surface area (Å²) in [5.74, 6) is 0. The third-order valence-corrected chi connectivity index (χ3v) is 2.64. The quantitative estimate of drug-likeness (QED) is 0.769. The number of anilines is 1. The predicted octanol–water partition coefficient (Wildman–Crippen LogP) is 2.98. The van der Waals surface area contributed by atoms with Gasteiger partial charge in [-0.1, -0.05) is 12.1 Å². The molecule has 0 saturated carbocycles. The Bertz CT molecular complexity index is 458. The summed E-state index contributed by atoms with van der Waals surface area (Å²) in [5.41, 5.74) is 3.01. The minimum absolute atomic E-state index is 0.726. The van der Waals surface area contributed by atoms with Gasteiger partial charge in [0.2, 0.25) is 0 Å². The van der Waals surface area contributed by atoms with Crippen molar-refractivity contribution in [1.29, 1.82) is 0 Å². The van der Waals surface area contributed by atoms with E-state index in [1.165, 1.54) is 0 Å². The Hall–Kier alpha value is -1.51. The maximum atomic E-state index is 5.71. The third kappa shape index (κ3) is 1.69. The number of benzene rings is 1. The molecule has 0 aliphatic carbocycles. The Morgan fingerprint density at radius 1 is 1.27 bits per heavy atom. The SMILES string of the molecule is CCN(CC)c1nc2c(C)cccc2o1. The van der Waals surface area contributed by atoms with Gasteiger partial charge in [-0.25, -0.2) is 0 Å². The van der Waals surface area contributed by atoms with E-state index in [2.05, 4.69) is 36.7 Å². The molecule has 0 aliphatic heterocycles. The number of fused-ring (bicyclic) bond motifs is 1. The Morgan fingerprint density at radius 2 is 2.00 bits per heavy atom. The largest absolute Gasteiger partial charge is 0.423 e. The van der Waals surface area contributed by atoms with Crippen LogP contribution in [0.15, 0.2) is 22.6 Å². The minimum atomic E-state index is 0.726. The summed E-state index contributed by atoms with van der Waals surface area (Å²) < 4.78 is 5.71. The van der Waals surface area contributed by atoms with Crippen LogP contribution in [-0.4, -0.2) is 18.1 Å². The van der Waals surface area contributed by atoms with Gasteiger partial charge in [-0.2, -0.15) is 4.98 Å². The summed E-state index contributed by atoms with van der Waals surface area (Å²) in [5, 5.41) is 0. The molecule has 0 amide bonds. The predicted molar refractivity (Wildman–Crippen MR) is 62.3 cm³/mol. The van der Waals surface area contributed by atoms with Gasteiger partial charge in [-0.3, -0.25) is 0 Å². The van der Waals surface area contributed by atoms with Crippen molar-refractivity contribution in [3.8, 4) is 0 Å². The fourth-order valence-corrected chi connectivity index (χ4v) is 1.70. The van der Waals surface area contributed by atoms with Crippen LogP contribution in [0.2, 0.25) is 0 Å². The second kappa shape index (κ2) is 3.93. The van der Waals surface area contributed by atoms with E-state index in [4.69, 9.17) is 4.42 Å². The zero-order valence-corrected chi connectivity index (χ0v) is 9.45. The third-order valence-electron chi connectivity index (χ3n) is 2.64. The number of aromatic nitrogens is 1. The molecule has 1 aromatic heterocycles. The van der Waals surface area contributed by atoms with Crippen molar-refractivity contribution in [3.05, 3.63) is 23.8 Å². The number of oxazole rings is 1. The molecule has 0 spiro atoms. The van der Waals surface area contributed by atoms with Gasteiger partial charge in [0, 0.05) is 13.1 Å². The summed E-state index contributed by atoms with van der Waals surface area (Å²) in [6.07, 6.45) is 0. The van der Waals surface area contributed by atoms with E-state index in [0.717, 1.165) is 35.8 Å².